The van der Waals surface area contributed by atoms with Crippen LogP contribution in [-0.2, 0) is 0 Å². The highest BCUT2D eigenvalue weighted by Crippen LogP contribution is 2.38. The Morgan fingerprint density at radius 1 is 1.00 bits per heavy atom. The highest BCUT2D eigenvalue weighted by molar-refractivity contribution is 9.10. The molecule has 1 N–H and O–H groups in total. The third-order valence-electron chi connectivity index (χ3n) is 4.54. The zero-order valence-corrected chi connectivity index (χ0v) is 14.2. The Morgan fingerprint density at radius 2 is 1.62 bits per heavy atom. The van der Waals surface area contributed by atoms with Gasteiger partial charge in [-0.15, -0.1) is 0 Å². The van der Waals surface area contributed by atoms with Crippen molar-refractivity contribution in [2.45, 2.75) is 44.7 Å². The van der Waals surface area contributed by atoms with Crippen LogP contribution in [0, 0.1) is 6.92 Å². The first-order valence-electron chi connectivity index (χ1n) is 7.70. The van der Waals surface area contributed by atoms with Crippen LogP contribution in [0.5, 0.6) is 0 Å². The molecule has 0 spiro atoms. The minimum atomic E-state index is 0.432. The molecule has 2 heteroatoms. The van der Waals surface area contributed by atoms with Gasteiger partial charge in [0.25, 0.3) is 0 Å². The fraction of sp³-hybridized carbons (Fsp3) is 0.368. The average Bonchev–Trinajstić information content (AvgIpc) is 2.44. The fourth-order valence-electron chi connectivity index (χ4n) is 3.07. The summed E-state index contributed by atoms with van der Waals surface area (Å²) in [5, 5.41) is 3.75. The Morgan fingerprint density at radius 3 is 2.24 bits per heavy atom. The highest BCUT2D eigenvalue weighted by atomic mass is 79.9. The molecule has 0 saturated heterocycles. The van der Waals surface area contributed by atoms with Crippen LogP contribution >= 0.6 is 15.9 Å². The highest BCUT2D eigenvalue weighted by Gasteiger charge is 2.30. The normalized spacial score (nSPS) is 22.6. The molecular weight excluding hydrogens is 322 g/mol. The molecule has 0 aromatic heterocycles. The zero-order valence-electron chi connectivity index (χ0n) is 12.6. The lowest BCUT2D eigenvalue weighted by atomic mass is 9.75. The molecule has 1 atom stereocenters. The molecule has 1 aliphatic rings. The predicted octanol–water partition coefficient (Wildman–Crippen LogP) is 5.35. The summed E-state index contributed by atoms with van der Waals surface area (Å²) in [7, 11) is 0. The summed E-state index contributed by atoms with van der Waals surface area (Å²) in [5.74, 6) is 0.723. The topological polar surface area (TPSA) is 12.0 Å². The van der Waals surface area contributed by atoms with Crippen LogP contribution in [0.4, 0.5) is 0 Å². The van der Waals surface area contributed by atoms with Gasteiger partial charge in [-0.25, -0.2) is 0 Å². The van der Waals surface area contributed by atoms with Crippen LogP contribution in [0.15, 0.2) is 53.0 Å². The predicted molar refractivity (Wildman–Crippen MR) is 92.6 cm³/mol. The van der Waals surface area contributed by atoms with Crippen molar-refractivity contribution >= 4 is 15.9 Å². The van der Waals surface area contributed by atoms with Gasteiger partial charge in [0.15, 0.2) is 0 Å². The number of nitrogens with one attached hydrogen (secondary N) is 1. The Bertz CT molecular complexity index is 582. The molecule has 110 valence electrons. The molecule has 1 aliphatic carbocycles. The molecule has 2 aromatic rings. The van der Waals surface area contributed by atoms with Gasteiger partial charge >= 0.3 is 0 Å². The van der Waals surface area contributed by atoms with Crippen molar-refractivity contribution in [1.82, 2.24) is 5.32 Å². The lowest BCUT2D eigenvalue weighted by Gasteiger charge is -2.38. The molecule has 0 amide bonds. The third-order valence-corrected chi connectivity index (χ3v) is 5.07. The summed E-state index contributed by atoms with van der Waals surface area (Å²) >= 11 is 3.50. The van der Waals surface area contributed by atoms with Gasteiger partial charge in [-0.2, -0.15) is 0 Å². The molecule has 0 aliphatic heterocycles. The quantitative estimate of drug-likeness (QED) is 0.788. The summed E-state index contributed by atoms with van der Waals surface area (Å²) in [6, 6.07) is 18.7. The number of halogens is 1. The van der Waals surface area contributed by atoms with Crippen molar-refractivity contribution in [3.05, 3.63) is 69.7 Å². The maximum Gasteiger partial charge on any atom is 0.0294 e. The van der Waals surface area contributed by atoms with Gasteiger partial charge < -0.3 is 5.32 Å². The maximum atomic E-state index is 3.75. The molecule has 0 heterocycles. The number of hydrogen-bond donors (Lipinski definition) is 1. The van der Waals surface area contributed by atoms with Gasteiger partial charge in [0.05, 0.1) is 0 Å². The SMILES string of the molecule is Cc1ccc([C@@H](C)NC2CC(c3ccc(Br)cc3)C2)cc1. The maximum absolute atomic E-state index is 3.75. The van der Waals surface area contributed by atoms with Gasteiger partial charge in [-0.05, 0) is 55.9 Å². The van der Waals surface area contributed by atoms with Crippen molar-refractivity contribution in [1.29, 1.82) is 0 Å². The Labute approximate surface area is 135 Å². The van der Waals surface area contributed by atoms with E-state index in [0.29, 0.717) is 12.1 Å². The van der Waals surface area contributed by atoms with E-state index in [9.17, 15) is 0 Å². The standard InChI is InChI=1S/C19H22BrN/c1-13-3-5-15(6-4-13)14(2)21-19-11-17(12-19)16-7-9-18(20)10-8-16/h3-10,14,17,19,21H,11-12H2,1-2H3/t14-,17?,19?/m1/s1. The summed E-state index contributed by atoms with van der Waals surface area (Å²) in [6.45, 7) is 4.40. The minimum Gasteiger partial charge on any atom is -0.307 e. The van der Waals surface area contributed by atoms with Crippen LogP contribution in [0.25, 0.3) is 0 Å². The number of benzene rings is 2. The first kappa shape index (κ1) is 14.8. The molecule has 1 saturated carbocycles. The molecule has 0 unspecified atom stereocenters. The monoisotopic (exact) mass is 343 g/mol. The van der Waals surface area contributed by atoms with E-state index in [1.54, 1.807) is 0 Å². The van der Waals surface area contributed by atoms with E-state index >= 15 is 0 Å². The molecular formula is C19H22BrN. The van der Waals surface area contributed by atoms with Gasteiger partial charge in [0.2, 0.25) is 0 Å². The number of aryl methyl sites for hydroxylation is 1. The second kappa shape index (κ2) is 6.33. The summed E-state index contributed by atoms with van der Waals surface area (Å²) in [5.41, 5.74) is 4.18. The van der Waals surface area contributed by atoms with Crippen molar-refractivity contribution in [3.8, 4) is 0 Å². The summed E-state index contributed by atoms with van der Waals surface area (Å²) < 4.78 is 1.16. The average molecular weight is 344 g/mol. The van der Waals surface area contributed by atoms with Crippen LogP contribution in [0.3, 0.4) is 0 Å². The molecule has 2 aromatic carbocycles. The second-order valence-corrected chi connectivity index (χ2v) is 7.13. The Balaban J connectivity index is 1.52. The van der Waals surface area contributed by atoms with Crippen molar-refractivity contribution in [2.75, 3.05) is 0 Å². The van der Waals surface area contributed by atoms with Crippen molar-refractivity contribution in [2.24, 2.45) is 0 Å². The van der Waals surface area contributed by atoms with E-state index in [0.717, 1.165) is 10.4 Å². The fourth-order valence-corrected chi connectivity index (χ4v) is 3.33. The van der Waals surface area contributed by atoms with E-state index in [-0.39, 0.29) is 0 Å². The van der Waals surface area contributed by atoms with E-state index in [1.165, 1.54) is 29.5 Å². The third kappa shape index (κ3) is 3.56. The second-order valence-electron chi connectivity index (χ2n) is 6.22. The molecule has 1 nitrogen and oxygen atoms in total. The van der Waals surface area contributed by atoms with Gasteiger partial charge in [-0.3, -0.25) is 0 Å². The molecule has 3 rings (SSSR count). The number of rotatable bonds is 4. The van der Waals surface area contributed by atoms with E-state index in [1.807, 2.05) is 0 Å². The van der Waals surface area contributed by atoms with Crippen molar-refractivity contribution < 1.29 is 0 Å². The van der Waals surface area contributed by atoms with Crippen LogP contribution in [0.2, 0.25) is 0 Å². The largest absolute Gasteiger partial charge is 0.307 e. The molecule has 0 radical (unpaired) electrons. The summed E-state index contributed by atoms with van der Waals surface area (Å²) in [4.78, 5) is 0. The van der Waals surface area contributed by atoms with Gasteiger partial charge in [0.1, 0.15) is 0 Å². The first-order valence-corrected chi connectivity index (χ1v) is 8.49. The van der Waals surface area contributed by atoms with E-state index in [2.05, 4.69) is 83.6 Å². The van der Waals surface area contributed by atoms with Crippen LogP contribution in [0.1, 0.15) is 48.4 Å². The molecule has 0 bridgehead atoms. The Kier molecular flexibility index (Phi) is 4.46. The smallest absolute Gasteiger partial charge is 0.0294 e. The van der Waals surface area contributed by atoms with Crippen molar-refractivity contribution in [3.63, 3.8) is 0 Å². The van der Waals surface area contributed by atoms with Gasteiger partial charge in [-0.1, -0.05) is 57.9 Å². The van der Waals surface area contributed by atoms with Crippen LogP contribution < -0.4 is 5.32 Å². The molecule has 1 fully saturated rings. The van der Waals surface area contributed by atoms with E-state index < -0.39 is 0 Å². The zero-order chi connectivity index (χ0) is 14.8. The Hall–Kier alpha value is -1.12. The number of hydrogen-bond acceptors (Lipinski definition) is 1. The summed E-state index contributed by atoms with van der Waals surface area (Å²) in [6.07, 6.45) is 2.50. The van der Waals surface area contributed by atoms with Gasteiger partial charge in [0, 0.05) is 16.6 Å². The minimum absolute atomic E-state index is 0.432. The lowest BCUT2D eigenvalue weighted by molar-refractivity contribution is 0.271. The van der Waals surface area contributed by atoms with Crippen LogP contribution in [-0.4, -0.2) is 6.04 Å². The molecule has 21 heavy (non-hydrogen) atoms. The first-order chi connectivity index (χ1) is 10.1. The van der Waals surface area contributed by atoms with E-state index in [4.69, 9.17) is 0 Å². The lowest BCUT2D eigenvalue weighted by Crippen LogP contribution is -2.41.